The largest absolute Gasteiger partial charge is 0.295 e. The molecule has 2 aromatic carbocycles. The van der Waals surface area contributed by atoms with Crippen LogP contribution in [-0.4, -0.2) is 25.7 Å². The zero-order valence-electron chi connectivity index (χ0n) is 15.2. The molecule has 0 fully saturated rings. The zero-order valence-corrected chi connectivity index (χ0v) is 15.9. The summed E-state index contributed by atoms with van der Waals surface area (Å²) in [5.41, 5.74) is 1.61. The van der Waals surface area contributed by atoms with Crippen molar-refractivity contribution in [2.45, 2.75) is 13.8 Å². The summed E-state index contributed by atoms with van der Waals surface area (Å²) in [6, 6.07) is 14.0. The first-order valence-corrected chi connectivity index (χ1v) is 8.94. The standard InChI is InChI=1S/C20H16ClN5O2/c1-12-17(20(28)26(24-12)15-7-5-6-14(21)10-15)11-22-25-13(2)23-18-9-4-3-8-16(18)19(25)27/h3-11,24H,1-2H3/b22-11+. The average Bonchev–Trinajstić information content (AvgIpc) is 2.96. The fourth-order valence-corrected chi connectivity index (χ4v) is 3.18. The van der Waals surface area contributed by atoms with Crippen molar-refractivity contribution in [3.8, 4) is 5.69 Å². The van der Waals surface area contributed by atoms with Crippen LogP contribution in [0.1, 0.15) is 17.1 Å². The Morgan fingerprint density at radius 1 is 1.07 bits per heavy atom. The maximum Gasteiger partial charge on any atom is 0.282 e. The summed E-state index contributed by atoms with van der Waals surface area (Å²) < 4.78 is 2.58. The average molecular weight is 394 g/mol. The number of hydrogen-bond donors (Lipinski definition) is 1. The molecule has 0 spiro atoms. The SMILES string of the molecule is Cc1[nH]n(-c2cccc(Cl)c2)c(=O)c1/C=N/n1c(C)nc2ccccc2c1=O. The van der Waals surface area contributed by atoms with Crippen molar-refractivity contribution in [1.82, 2.24) is 19.4 Å². The summed E-state index contributed by atoms with van der Waals surface area (Å²) in [5.74, 6) is 0.434. The lowest BCUT2D eigenvalue weighted by atomic mass is 10.2. The van der Waals surface area contributed by atoms with Crippen LogP contribution in [-0.2, 0) is 0 Å². The molecule has 0 saturated carbocycles. The fraction of sp³-hybridized carbons (Fsp3) is 0.100. The fourth-order valence-electron chi connectivity index (χ4n) is 2.99. The van der Waals surface area contributed by atoms with E-state index in [-0.39, 0.29) is 11.1 Å². The van der Waals surface area contributed by atoms with E-state index in [1.54, 1.807) is 56.3 Å². The minimum absolute atomic E-state index is 0.289. The lowest BCUT2D eigenvalue weighted by Crippen LogP contribution is -2.21. The van der Waals surface area contributed by atoms with Crippen LogP contribution in [0.5, 0.6) is 0 Å². The van der Waals surface area contributed by atoms with Gasteiger partial charge in [0, 0.05) is 10.7 Å². The number of halogens is 1. The summed E-state index contributed by atoms with van der Waals surface area (Å²) >= 11 is 6.02. The molecule has 8 heteroatoms. The summed E-state index contributed by atoms with van der Waals surface area (Å²) in [6.07, 6.45) is 1.38. The molecule has 2 aromatic heterocycles. The molecule has 4 aromatic rings. The number of fused-ring (bicyclic) bond motifs is 1. The van der Waals surface area contributed by atoms with Gasteiger partial charge in [-0.1, -0.05) is 29.8 Å². The Kier molecular flexibility index (Phi) is 4.44. The van der Waals surface area contributed by atoms with E-state index < -0.39 is 0 Å². The van der Waals surface area contributed by atoms with Crippen LogP contribution in [0.3, 0.4) is 0 Å². The van der Waals surface area contributed by atoms with Crippen molar-refractivity contribution in [1.29, 1.82) is 0 Å². The number of nitrogens with one attached hydrogen (secondary N) is 1. The lowest BCUT2D eigenvalue weighted by molar-refractivity contribution is 0.770. The summed E-state index contributed by atoms with van der Waals surface area (Å²) in [7, 11) is 0. The molecule has 0 unspecified atom stereocenters. The molecule has 1 N–H and O–H groups in total. The van der Waals surface area contributed by atoms with Crippen LogP contribution in [0.4, 0.5) is 0 Å². The number of para-hydroxylation sites is 1. The van der Waals surface area contributed by atoms with Gasteiger partial charge in [-0.25, -0.2) is 9.67 Å². The molecule has 0 aliphatic carbocycles. The number of hydrogen-bond acceptors (Lipinski definition) is 4. The molecular formula is C20H16ClN5O2. The molecule has 7 nitrogen and oxygen atoms in total. The summed E-state index contributed by atoms with van der Waals surface area (Å²) in [6.45, 7) is 3.46. The Hall–Kier alpha value is -3.45. The van der Waals surface area contributed by atoms with Crippen LogP contribution in [0.2, 0.25) is 5.02 Å². The van der Waals surface area contributed by atoms with E-state index in [9.17, 15) is 9.59 Å². The summed E-state index contributed by atoms with van der Waals surface area (Å²) in [5, 5.41) is 8.22. The van der Waals surface area contributed by atoms with Gasteiger partial charge in [0.2, 0.25) is 0 Å². The van der Waals surface area contributed by atoms with Gasteiger partial charge in [-0.15, -0.1) is 0 Å². The number of aromatic amines is 1. The van der Waals surface area contributed by atoms with Gasteiger partial charge in [0.25, 0.3) is 11.1 Å². The maximum absolute atomic E-state index is 12.8. The smallest absolute Gasteiger partial charge is 0.282 e. The molecule has 0 bridgehead atoms. The van der Waals surface area contributed by atoms with E-state index in [0.717, 1.165) is 0 Å². The Balaban J connectivity index is 1.81. The van der Waals surface area contributed by atoms with E-state index >= 15 is 0 Å². The second kappa shape index (κ2) is 6.94. The molecule has 0 amide bonds. The van der Waals surface area contributed by atoms with Crippen LogP contribution in [0.15, 0.2) is 63.2 Å². The monoisotopic (exact) mass is 393 g/mol. The molecule has 0 aliphatic heterocycles. The highest BCUT2D eigenvalue weighted by molar-refractivity contribution is 6.30. The third kappa shape index (κ3) is 3.05. The van der Waals surface area contributed by atoms with Crippen molar-refractivity contribution < 1.29 is 0 Å². The van der Waals surface area contributed by atoms with Crippen LogP contribution in [0, 0.1) is 13.8 Å². The van der Waals surface area contributed by atoms with Gasteiger partial charge in [-0.3, -0.25) is 14.7 Å². The van der Waals surface area contributed by atoms with Gasteiger partial charge in [0.15, 0.2) is 0 Å². The van der Waals surface area contributed by atoms with Crippen molar-refractivity contribution in [3.63, 3.8) is 0 Å². The number of aryl methyl sites for hydroxylation is 2. The second-order valence-electron chi connectivity index (χ2n) is 6.31. The molecule has 4 rings (SSSR count). The third-order valence-corrected chi connectivity index (χ3v) is 4.64. The number of rotatable bonds is 3. The van der Waals surface area contributed by atoms with E-state index in [4.69, 9.17) is 11.6 Å². The second-order valence-corrected chi connectivity index (χ2v) is 6.75. The quantitative estimate of drug-likeness (QED) is 0.543. The number of benzene rings is 2. The van der Waals surface area contributed by atoms with Crippen molar-refractivity contribution in [2.24, 2.45) is 5.10 Å². The Morgan fingerprint density at radius 2 is 1.86 bits per heavy atom. The topological polar surface area (TPSA) is 85.0 Å². The highest BCUT2D eigenvalue weighted by atomic mass is 35.5. The van der Waals surface area contributed by atoms with Gasteiger partial charge in [-0.05, 0) is 44.2 Å². The predicted molar refractivity (Wildman–Crippen MR) is 110 cm³/mol. The highest BCUT2D eigenvalue weighted by Gasteiger charge is 2.12. The predicted octanol–water partition coefficient (Wildman–Crippen LogP) is 3.03. The molecule has 0 saturated heterocycles. The number of H-pyrrole nitrogens is 1. The van der Waals surface area contributed by atoms with Crippen LogP contribution in [0.25, 0.3) is 16.6 Å². The Labute approximate surface area is 164 Å². The first-order chi connectivity index (χ1) is 13.5. The summed E-state index contributed by atoms with van der Waals surface area (Å²) in [4.78, 5) is 29.9. The lowest BCUT2D eigenvalue weighted by Gasteiger charge is -2.04. The zero-order chi connectivity index (χ0) is 19.8. The first kappa shape index (κ1) is 17.9. The molecule has 0 radical (unpaired) electrons. The molecule has 28 heavy (non-hydrogen) atoms. The Bertz CT molecular complexity index is 1350. The highest BCUT2D eigenvalue weighted by Crippen LogP contribution is 2.13. The minimum atomic E-state index is -0.289. The van der Waals surface area contributed by atoms with E-state index in [2.05, 4.69) is 15.2 Å². The van der Waals surface area contributed by atoms with Crippen molar-refractivity contribution in [3.05, 3.63) is 91.3 Å². The van der Waals surface area contributed by atoms with Gasteiger partial charge in [-0.2, -0.15) is 9.78 Å². The maximum atomic E-state index is 12.8. The normalized spacial score (nSPS) is 11.5. The minimum Gasteiger partial charge on any atom is -0.295 e. The van der Waals surface area contributed by atoms with Gasteiger partial charge in [0.05, 0.1) is 28.4 Å². The van der Waals surface area contributed by atoms with Crippen LogP contribution < -0.4 is 11.1 Å². The van der Waals surface area contributed by atoms with E-state index in [0.29, 0.717) is 38.7 Å². The molecule has 0 aliphatic rings. The van der Waals surface area contributed by atoms with E-state index in [1.165, 1.54) is 15.6 Å². The van der Waals surface area contributed by atoms with Gasteiger partial charge in [0.1, 0.15) is 5.82 Å². The van der Waals surface area contributed by atoms with Gasteiger partial charge >= 0.3 is 0 Å². The third-order valence-electron chi connectivity index (χ3n) is 4.40. The van der Waals surface area contributed by atoms with Gasteiger partial charge < -0.3 is 0 Å². The molecule has 2 heterocycles. The molecule has 0 atom stereocenters. The molecule has 140 valence electrons. The number of aromatic nitrogens is 4. The van der Waals surface area contributed by atoms with Crippen molar-refractivity contribution in [2.75, 3.05) is 0 Å². The molecular weight excluding hydrogens is 378 g/mol. The Morgan fingerprint density at radius 3 is 2.64 bits per heavy atom. The van der Waals surface area contributed by atoms with E-state index in [1.807, 2.05) is 6.07 Å². The van der Waals surface area contributed by atoms with Crippen LogP contribution >= 0.6 is 11.6 Å². The first-order valence-electron chi connectivity index (χ1n) is 8.56. The number of nitrogens with zero attached hydrogens (tertiary/aromatic N) is 4. The van der Waals surface area contributed by atoms with Crippen molar-refractivity contribution >= 4 is 28.7 Å².